The molecule has 4 heteroatoms. The van der Waals surface area contributed by atoms with Crippen LogP contribution in [0.1, 0.15) is 30.9 Å². The minimum absolute atomic E-state index is 0.365. The number of rotatable bonds is 4. The minimum atomic E-state index is -0.457. The molecule has 0 spiro atoms. The van der Waals surface area contributed by atoms with Gasteiger partial charge in [0, 0.05) is 17.1 Å². The largest absolute Gasteiger partial charge is 0.387 e. The molecule has 0 aromatic heterocycles. The Hall–Kier alpha value is -0.420. The van der Waals surface area contributed by atoms with Crippen LogP contribution in [0.2, 0.25) is 0 Å². The molecule has 2 heterocycles. The van der Waals surface area contributed by atoms with E-state index < -0.39 is 6.10 Å². The molecular formula is C14H18BrNO2. The summed E-state index contributed by atoms with van der Waals surface area (Å²) in [7, 11) is 0. The molecule has 2 aliphatic rings. The molecule has 2 aliphatic heterocycles. The molecule has 3 rings (SSSR count). The second-order valence-electron chi connectivity index (χ2n) is 5.20. The average molecular weight is 312 g/mol. The summed E-state index contributed by atoms with van der Waals surface area (Å²) in [6, 6.07) is 8.25. The van der Waals surface area contributed by atoms with Crippen LogP contribution in [0.3, 0.4) is 0 Å². The van der Waals surface area contributed by atoms with Gasteiger partial charge < -0.3 is 15.2 Å². The van der Waals surface area contributed by atoms with Crippen molar-refractivity contribution in [1.82, 2.24) is 5.32 Å². The number of benzene rings is 1. The Kier molecular flexibility index (Phi) is 3.71. The molecule has 2 bridgehead atoms. The second kappa shape index (κ2) is 5.29. The van der Waals surface area contributed by atoms with E-state index >= 15 is 0 Å². The van der Waals surface area contributed by atoms with Crippen LogP contribution in [0.25, 0.3) is 0 Å². The molecule has 0 aliphatic carbocycles. The smallest absolute Gasteiger partial charge is 0.0914 e. The molecule has 2 N–H and O–H groups in total. The van der Waals surface area contributed by atoms with Crippen molar-refractivity contribution in [3.8, 4) is 0 Å². The van der Waals surface area contributed by atoms with Crippen molar-refractivity contribution in [2.24, 2.45) is 0 Å². The number of fused-ring (bicyclic) bond motifs is 2. The third-order valence-corrected chi connectivity index (χ3v) is 4.41. The summed E-state index contributed by atoms with van der Waals surface area (Å²) < 4.78 is 6.79. The molecule has 1 aromatic rings. The fourth-order valence-corrected chi connectivity index (χ4v) is 3.36. The Morgan fingerprint density at radius 2 is 2.33 bits per heavy atom. The van der Waals surface area contributed by atoms with Crippen molar-refractivity contribution < 1.29 is 9.84 Å². The first-order valence-corrected chi connectivity index (χ1v) is 7.34. The maximum absolute atomic E-state index is 10.2. The Labute approximate surface area is 116 Å². The van der Waals surface area contributed by atoms with Gasteiger partial charge in [-0.1, -0.05) is 28.1 Å². The van der Waals surface area contributed by atoms with Crippen LogP contribution in [0.4, 0.5) is 0 Å². The van der Waals surface area contributed by atoms with Crippen molar-refractivity contribution in [1.29, 1.82) is 0 Å². The van der Waals surface area contributed by atoms with E-state index in [1.165, 1.54) is 6.42 Å². The first-order chi connectivity index (χ1) is 8.72. The summed E-state index contributed by atoms with van der Waals surface area (Å²) in [6.07, 6.45) is 3.82. The molecule has 2 saturated heterocycles. The molecule has 98 valence electrons. The topological polar surface area (TPSA) is 41.5 Å². The fourth-order valence-electron chi connectivity index (χ4n) is 2.95. The highest BCUT2D eigenvalue weighted by Crippen LogP contribution is 2.34. The van der Waals surface area contributed by atoms with Crippen molar-refractivity contribution in [2.75, 3.05) is 6.54 Å². The van der Waals surface area contributed by atoms with Gasteiger partial charge in [0.15, 0.2) is 0 Å². The molecule has 2 fully saturated rings. The van der Waals surface area contributed by atoms with Gasteiger partial charge in [0.2, 0.25) is 0 Å². The average Bonchev–Trinajstić information content (AvgIpc) is 2.98. The predicted molar refractivity (Wildman–Crippen MR) is 73.4 cm³/mol. The summed E-state index contributed by atoms with van der Waals surface area (Å²) in [6.45, 7) is 0.591. The third-order valence-electron chi connectivity index (χ3n) is 3.91. The highest BCUT2D eigenvalue weighted by atomic mass is 79.9. The number of aliphatic hydroxyl groups is 1. The van der Waals surface area contributed by atoms with Gasteiger partial charge >= 0.3 is 0 Å². The molecule has 4 atom stereocenters. The predicted octanol–water partition coefficient (Wildman–Crippen LogP) is 2.39. The van der Waals surface area contributed by atoms with E-state index in [2.05, 4.69) is 21.2 Å². The lowest BCUT2D eigenvalue weighted by Gasteiger charge is -2.22. The van der Waals surface area contributed by atoms with E-state index in [1.54, 1.807) is 0 Å². The van der Waals surface area contributed by atoms with Gasteiger partial charge in [-0.3, -0.25) is 0 Å². The number of aliphatic hydroxyl groups excluding tert-OH is 1. The van der Waals surface area contributed by atoms with Crippen molar-refractivity contribution >= 4 is 15.9 Å². The first-order valence-electron chi connectivity index (χ1n) is 6.55. The van der Waals surface area contributed by atoms with Crippen LogP contribution in [-0.2, 0) is 4.74 Å². The van der Waals surface area contributed by atoms with E-state index in [9.17, 15) is 5.11 Å². The van der Waals surface area contributed by atoms with Crippen molar-refractivity contribution in [2.45, 2.75) is 43.6 Å². The molecule has 0 amide bonds. The van der Waals surface area contributed by atoms with Gasteiger partial charge in [0.25, 0.3) is 0 Å². The zero-order valence-corrected chi connectivity index (χ0v) is 11.8. The van der Waals surface area contributed by atoms with Crippen LogP contribution in [0.15, 0.2) is 28.7 Å². The third kappa shape index (κ3) is 2.62. The van der Waals surface area contributed by atoms with Gasteiger partial charge in [0.05, 0.1) is 18.3 Å². The fraction of sp³-hybridized carbons (Fsp3) is 0.571. The maximum atomic E-state index is 10.2. The number of ether oxygens (including phenoxy) is 1. The molecule has 18 heavy (non-hydrogen) atoms. The van der Waals surface area contributed by atoms with Gasteiger partial charge in [-0.05, 0) is 37.0 Å². The van der Waals surface area contributed by atoms with Crippen molar-refractivity contribution in [3.05, 3.63) is 34.3 Å². The van der Waals surface area contributed by atoms with Crippen molar-refractivity contribution in [3.63, 3.8) is 0 Å². The highest BCUT2D eigenvalue weighted by molar-refractivity contribution is 9.10. The Morgan fingerprint density at radius 3 is 3.00 bits per heavy atom. The summed E-state index contributed by atoms with van der Waals surface area (Å²) in [5.41, 5.74) is 0.945. The normalized spacial score (nSPS) is 31.8. The van der Waals surface area contributed by atoms with Crippen LogP contribution in [0, 0.1) is 0 Å². The Morgan fingerprint density at radius 1 is 1.44 bits per heavy atom. The zero-order chi connectivity index (χ0) is 12.5. The summed E-state index contributed by atoms with van der Waals surface area (Å²) >= 11 is 3.42. The summed E-state index contributed by atoms with van der Waals surface area (Å²) in [5, 5.41) is 13.6. The molecule has 0 radical (unpaired) electrons. The van der Waals surface area contributed by atoms with E-state index in [4.69, 9.17) is 4.74 Å². The molecule has 4 unspecified atom stereocenters. The van der Waals surface area contributed by atoms with Gasteiger partial charge in [0.1, 0.15) is 0 Å². The lowest BCUT2D eigenvalue weighted by Crippen LogP contribution is -2.39. The van der Waals surface area contributed by atoms with Crippen LogP contribution >= 0.6 is 15.9 Å². The number of halogens is 1. The quantitative estimate of drug-likeness (QED) is 0.897. The standard InChI is InChI=1S/C14H18BrNO2/c15-10-3-1-2-9(6-10)13(17)8-16-12-7-11-4-5-14(12)18-11/h1-3,6,11-14,16-17H,4-5,7-8H2. The molecular weight excluding hydrogens is 294 g/mol. The number of nitrogens with one attached hydrogen (secondary N) is 1. The SMILES string of the molecule is OC(CNC1CC2CCC1O2)c1cccc(Br)c1. The number of hydrogen-bond donors (Lipinski definition) is 2. The Bertz CT molecular complexity index is 426. The maximum Gasteiger partial charge on any atom is 0.0914 e. The van der Waals surface area contributed by atoms with Gasteiger partial charge in [-0.15, -0.1) is 0 Å². The first kappa shape index (κ1) is 12.6. The molecule has 1 aromatic carbocycles. The van der Waals surface area contributed by atoms with Gasteiger partial charge in [-0.25, -0.2) is 0 Å². The van der Waals surface area contributed by atoms with Gasteiger partial charge in [-0.2, -0.15) is 0 Å². The van der Waals surface area contributed by atoms with Crippen LogP contribution in [-0.4, -0.2) is 29.9 Å². The Balaban J connectivity index is 1.54. The van der Waals surface area contributed by atoms with Crippen LogP contribution in [0.5, 0.6) is 0 Å². The minimum Gasteiger partial charge on any atom is -0.387 e. The number of hydrogen-bond acceptors (Lipinski definition) is 3. The van der Waals surface area contributed by atoms with E-state index in [0.717, 1.165) is 22.9 Å². The lowest BCUT2D eigenvalue weighted by atomic mass is 9.95. The molecule has 0 saturated carbocycles. The lowest BCUT2D eigenvalue weighted by molar-refractivity contribution is 0.0942. The van der Waals surface area contributed by atoms with E-state index in [1.807, 2.05) is 24.3 Å². The van der Waals surface area contributed by atoms with E-state index in [0.29, 0.717) is 24.8 Å². The molecule has 3 nitrogen and oxygen atoms in total. The van der Waals surface area contributed by atoms with Crippen LogP contribution < -0.4 is 5.32 Å². The zero-order valence-electron chi connectivity index (χ0n) is 10.2. The van der Waals surface area contributed by atoms with E-state index in [-0.39, 0.29) is 0 Å². The second-order valence-corrected chi connectivity index (χ2v) is 6.11. The summed E-state index contributed by atoms with van der Waals surface area (Å²) in [5.74, 6) is 0. The highest BCUT2D eigenvalue weighted by Gasteiger charge is 2.40. The summed E-state index contributed by atoms with van der Waals surface area (Å²) in [4.78, 5) is 0. The monoisotopic (exact) mass is 311 g/mol.